The molecule has 0 bridgehead atoms. The monoisotopic (exact) mass is 291 g/mol. The van der Waals surface area contributed by atoms with Crippen LogP contribution in [0.3, 0.4) is 0 Å². The quantitative estimate of drug-likeness (QED) is 0.845. The largest absolute Gasteiger partial charge is 0.300 e. The minimum atomic E-state index is 0.0256. The average Bonchev–Trinajstić information content (AvgIpc) is 2.96. The molecule has 2 heterocycles. The van der Waals surface area contributed by atoms with Crippen molar-refractivity contribution in [3.8, 4) is 0 Å². The van der Waals surface area contributed by atoms with E-state index in [4.69, 9.17) is 0 Å². The number of fused-ring (bicyclic) bond motifs is 1. The van der Waals surface area contributed by atoms with E-state index in [-0.39, 0.29) is 5.41 Å². The zero-order chi connectivity index (χ0) is 15.0. The summed E-state index contributed by atoms with van der Waals surface area (Å²) in [5, 5.41) is 0. The number of hydrogen-bond acceptors (Lipinski definition) is 2. The van der Waals surface area contributed by atoms with Crippen molar-refractivity contribution < 1.29 is 4.79 Å². The van der Waals surface area contributed by atoms with E-state index in [1.807, 2.05) is 0 Å². The standard InChI is InChI=1S/C20H21NO/c22-19-11-12-21-15-20(14-18(21)13-19,16-7-3-1-4-8-16)17-9-5-2-6-10-17/h1-10,18H,11-15H2/t18-/m0/s1. The number of ketones is 1. The Kier molecular flexibility index (Phi) is 3.34. The first kappa shape index (κ1) is 13.7. The number of carbonyl (C=O) groups excluding carboxylic acids is 1. The smallest absolute Gasteiger partial charge is 0.135 e. The zero-order valence-corrected chi connectivity index (χ0v) is 12.7. The van der Waals surface area contributed by atoms with E-state index in [1.165, 1.54) is 11.1 Å². The topological polar surface area (TPSA) is 20.3 Å². The minimum absolute atomic E-state index is 0.0256. The molecule has 0 saturated carbocycles. The van der Waals surface area contributed by atoms with Crippen molar-refractivity contribution in [2.75, 3.05) is 13.1 Å². The molecule has 0 amide bonds. The molecule has 2 aliphatic heterocycles. The number of nitrogens with zero attached hydrogens (tertiary/aromatic N) is 1. The van der Waals surface area contributed by atoms with Crippen LogP contribution in [0.4, 0.5) is 0 Å². The summed E-state index contributed by atoms with van der Waals surface area (Å²) in [7, 11) is 0. The van der Waals surface area contributed by atoms with E-state index in [1.54, 1.807) is 0 Å². The lowest BCUT2D eigenvalue weighted by Crippen LogP contribution is -2.39. The number of rotatable bonds is 2. The molecular formula is C20H21NO. The molecule has 0 N–H and O–H groups in total. The molecule has 4 rings (SSSR count). The highest BCUT2D eigenvalue weighted by molar-refractivity contribution is 5.80. The van der Waals surface area contributed by atoms with Gasteiger partial charge < -0.3 is 0 Å². The van der Waals surface area contributed by atoms with Crippen LogP contribution in [0.5, 0.6) is 0 Å². The third kappa shape index (κ3) is 2.19. The van der Waals surface area contributed by atoms with E-state index < -0.39 is 0 Å². The molecule has 0 aromatic heterocycles. The molecule has 2 aliphatic rings. The fourth-order valence-electron chi connectivity index (χ4n) is 4.27. The predicted octanol–water partition coefficient (Wildman–Crippen LogP) is 3.41. The molecule has 2 fully saturated rings. The number of carbonyl (C=O) groups is 1. The molecule has 112 valence electrons. The summed E-state index contributed by atoms with van der Waals surface area (Å²) in [5.41, 5.74) is 2.78. The normalized spacial score (nSPS) is 24.2. The van der Waals surface area contributed by atoms with Crippen molar-refractivity contribution in [3.05, 3.63) is 71.8 Å². The zero-order valence-electron chi connectivity index (χ0n) is 12.7. The van der Waals surface area contributed by atoms with E-state index in [0.29, 0.717) is 11.8 Å². The second-order valence-electron chi connectivity index (χ2n) is 6.64. The van der Waals surface area contributed by atoms with Gasteiger partial charge in [0.05, 0.1) is 0 Å². The summed E-state index contributed by atoms with van der Waals surface area (Å²) < 4.78 is 0. The lowest BCUT2D eigenvalue weighted by Gasteiger charge is -2.31. The van der Waals surface area contributed by atoms with Gasteiger partial charge in [-0.25, -0.2) is 0 Å². The molecular weight excluding hydrogens is 270 g/mol. The summed E-state index contributed by atoms with van der Waals surface area (Å²) in [6.07, 6.45) is 2.49. The maximum atomic E-state index is 11.9. The van der Waals surface area contributed by atoms with Crippen LogP contribution in [-0.4, -0.2) is 29.8 Å². The summed E-state index contributed by atoms with van der Waals surface area (Å²) in [6.45, 7) is 1.95. The van der Waals surface area contributed by atoms with Crippen LogP contribution in [0, 0.1) is 0 Å². The van der Waals surface area contributed by atoms with Crippen molar-refractivity contribution in [2.24, 2.45) is 0 Å². The van der Waals surface area contributed by atoms with Gasteiger partial charge in [-0.3, -0.25) is 9.69 Å². The third-order valence-electron chi connectivity index (χ3n) is 5.37. The highest BCUT2D eigenvalue weighted by Crippen LogP contribution is 2.45. The van der Waals surface area contributed by atoms with Gasteiger partial charge in [0.15, 0.2) is 0 Å². The van der Waals surface area contributed by atoms with Crippen molar-refractivity contribution >= 4 is 5.78 Å². The Labute approximate surface area is 131 Å². The molecule has 22 heavy (non-hydrogen) atoms. The molecule has 2 aromatic carbocycles. The Balaban J connectivity index is 1.80. The molecule has 0 radical (unpaired) electrons. The molecule has 0 aliphatic carbocycles. The Hall–Kier alpha value is -1.93. The van der Waals surface area contributed by atoms with Gasteiger partial charge in [-0.15, -0.1) is 0 Å². The first-order valence-corrected chi connectivity index (χ1v) is 8.15. The Morgan fingerprint density at radius 3 is 2.09 bits per heavy atom. The molecule has 2 nitrogen and oxygen atoms in total. The van der Waals surface area contributed by atoms with Crippen LogP contribution in [-0.2, 0) is 10.2 Å². The maximum absolute atomic E-state index is 11.9. The van der Waals surface area contributed by atoms with Crippen LogP contribution in [0.25, 0.3) is 0 Å². The molecule has 0 spiro atoms. The summed E-state index contributed by atoms with van der Waals surface area (Å²) in [5.74, 6) is 0.429. The number of hydrogen-bond donors (Lipinski definition) is 0. The number of piperidine rings is 1. The third-order valence-corrected chi connectivity index (χ3v) is 5.37. The average molecular weight is 291 g/mol. The Bertz CT molecular complexity index is 625. The van der Waals surface area contributed by atoms with Gasteiger partial charge >= 0.3 is 0 Å². The van der Waals surface area contributed by atoms with E-state index in [2.05, 4.69) is 65.6 Å². The van der Waals surface area contributed by atoms with Gasteiger partial charge in [-0.2, -0.15) is 0 Å². The van der Waals surface area contributed by atoms with Gasteiger partial charge in [0, 0.05) is 37.4 Å². The molecule has 0 unspecified atom stereocenters. The van der Waals surface area contributed by atoms with Crippen LogP contribution in [0.15, 0.2) is 60.7 Å². The first-order chi connectivity index (χ1) is 10.8. The fourth-order valence-corrected chi connectivity index (χ4v) is 4.27. The minimum Gasteiger partial charge on any atom is -0.300 e. The van der Waals surface area contributed by atoms with Gasteiger partial charge in [0.25, 0.3) is 0 Å². The van der Waals surface area contributed by atoms with Gasteiger partial charge in [-0.1, -0.05) is 60.7 Å². The van der Waals surface area contributed by atoms with E-state index in [9.17, 15) is 4.79 Å². The molecule has 2 saturated heterocycles. The summed E-state index contributed by atoms with van der Waals surface area (Å²) in [6, 6.07) is 22.0. The predicted molar refractivity (Wildman–Crippen MR) is 87.9 cm³/mol. The van der Waals surface area contributed by atoms with Crippen molar-refractivity contribution in [1.82, 2.24) is 4.90 Å². The second-order valence-corrected chi connectivity index (χ2v) is 6.64. The van der Waals surface area contributed by atoms with Gasteiger partial charge in [0.1, 0.15) is 5.78 Å². The van der Waals surface area contributed by atoms with E-state index >= 15 is 0 Å². The number of Topliss-reactive ketones (excluding diaryl/α,β-unsaturated/α-hetero) is 1. The maximum Gasteiger partial charge on any atom is 0.135 e. The first-order valence-electron chi connectivity index (χ1n) is 8.15. The van der Waals surface area contributed by atoms with Crippen molar-refractivity contribution in [2.45, 2.75) is 30.7 Å². The van der Waals surface area contributed by atoms with Crippen LogP contribution < -0.4 is 0 Å². The Morgan fingerprint density at radius 2 is 1.50 bits per heavy atom. The van der Waals surface area contributed by atoms with Crippen LogP contribution >= 0.6 is 0 Å². The lowest BCUT2D eigenvalue weighted by molar-refractivity contribution is -0.122. The SMILES string of the molecule is O=C1CCN2CC(c3ccccc3)(c3ccccc3)C[C@@H]2C1. The molecule has 1 atom stereocenters. The van der Waals surface area contributed by atoms with Crippen molar-refractivity contribution in [3.63, 3.8) is 0 Å². The van der Waals surface area contributed by atoms with Crippen molar-refractivity contribution in [1.29, 1.82) is 0 Å². The van der Waals surface area contributed by atoms with E-state index in [0.717, 1.165) is 32.4 Å². The summed E-state index contributed by atoms with van der Waals surface area (Å²) >= 11 is 0. The second kappa shape index (κ2) is 5.36. The highest BCUT2D eigenvalue weighted by atomic mass is 16.1. The molecule has 2 aromatic rings. The Morgan fingerprint density at radius 1 is 0.909 bits per heavy atom. The van der Waals surface area contributed by atoms with Gasteiger partial charge in [-0.05, 0) is 17.5 Å². The fraction of sp³-hybridized carbons (Fsp3) is 0.350. The highest BCUT2D eigenvalue weighted by Gasteiger charge is 2.47. The van der Waals surface area contributed by atoms with Crippen LogP contribution in [0.1, 0.15) is 30.4 Å². The lowest BCUT2D eigenvalue weighted by atomic mass is 9.72. The summed E-state index contributed by atoms with van der Waals surface area (Å²) in [4.78, 5) is 14.4. The van der Waals surface area contributed by atoms with Gasteiger partial charge in [0.2, 0.25) is 0 Å². The number of benzene rings is 2. The molecule has 2 heteroatoms. The van der Waals surface area contributed by atoms with Crippen LogP contribution in [0.2, 0.25) is 0 Å².